The first-order valence-corrected chi connectivity index (χ1v) is 11.5. The molecule has 1 amide bonds. The van der Waals surface area contributed by atoms with Crippen molar-refractivity contribution in [2.24, 2.45) is 0 Å². The molecule has 0 spiro atoms. The summed E-state index contributed by atoms with van der Waals surface area (Å²) in [5.74, 6) is -0.246. The third-order valence-electron chi connectivity index (χ3n) is 5.85. The highest BCUT2D eigenvalue weighted by molar-refractivity contribution is 6.51. The summed E-state index contributed by atoms with van der Waals surface area (Å²) in [5.41, 5.74) is 1.40. The number of benzene rings is 3. The largest absolute Gasteiger partial charge is 0.507 e. The number of anilines is 1. The van der Waals surface area contributed by atoms with Gasteiger partial charge < -0.3 is 19.3 Å². The molecule has 0 bridgehead atoms. The van der Waals surface area contributed by atoms with Crippen LogP contribution in [0.5, 0.6) is 17.2 Å². The average Bonchev–Trinajstić information content (AvgIpc) is 3.14. The lowest BCUT2D eigenvalue weighted by Crippen LogP contribution is -2.29. The molecule has 7 nitrogen and oxygen atoms in total. The minimum Gasteiger partial charge on any atom is -0.507 e. The summed E-state index contributed by atoms with van der Waals surface area (Å²) in [5, 5.41) is 11.9. The van der Waals surface area contributed by atoms with Crippen LogP contribution in [-0.2, 0) is 9.59 Å². The van der Waals surface area contributed by atoms with Crippen LogP contribution in [0.4, 0.5) is 5.69 Å². The topological polar surface area (TPSA) is 85.3 Å². The van der Waals surface area contributed by atoms with E-state index in [1.54, 1.807) is 66.7 Å². The van der Waals surface area contributed by atoms with E-state index in [1.807, 2.05) is 6.92 Å². The molecule has 2 aliphatic rings. The number of halogens is 1. The smallest absolute Gasteiger partial charge is 0.300 e. The van der Waals surface area contributed by atoms with Crippen LogP contribution < -0.4 is 19.1 Å². The molecule has 8 heteroatoms. The second-order valence-electron chi connectivity index (χ2n) is 8.01. The minimum absolute atomic E-state index is 0.0322. The van der Waals surface area contributed by atoms with Crippen molar-refractivity contribution in [2.75, 3.05) is 24.7 Å². The molecule has 5 rings (SSSR count). The van der Waals surface area contributed by atoms with E-state index in [0.29, 0.717) is 58.9 Å². The molecule has 0 radical (unpaired) electrons. The van der Waals surface area contributed by atoms with Gasteiger partial charge in [-0.2, -0.15) is 0 Å². The summed E-state index contributed by atoms with van der Waals surface area (Å²) in [6.07, 6.45) is 0. The Morgan fingerprint density at radius 3 is 2.51 bits per heavy atom. The molecule has 0 aromatic heterocycles. The lowest BCUT2D eigenvalue weighted by atomic mass is 9.94. The molecular formula is C27H22ClNO6. The Morgan fingerprint density at radius 1 is 1.03 bits per heavy atom. The third kappa shape index (κ3) is 4.19. The second kappa shape index (κ2) is 9.35. The number of ether oxygens (including phenoxy) is 3. The van der Waals surface area contributed by atoms with E-state index in [4.69, 9.17) is 25.8 Å². The Labute approximate surface area is 207 Å². The first kappa shape index (κ1) is 22.8. The van der Waals surface area contributed by atoms with Crippen LogP contribution >= 0.6 is 11.6 Å². The van der Waals surface area contributed by atoms with Gasteiger partial charge in [-0.25, -0.2) is 0 Å². The predicted octanol–water partition coefficient (Wildman–Crippen LogP) is 5.14. The van der Waals surface area contributed by atoms with E-state index in [9.17, 15) is 14.7 Å². The lowest BCUT2D eigenvalue weighted by molar-refractivity contribution is -0.132. The Morgan fingerprint density at radius 2 is 1.77 bits per heavy atom. The fraction of sp³-hybridized carbons (Fsp3) is 0.185. The van der Waals surface area contributed by atoms with Crippen LogP contribution in [0.2, 0.25) is 5.02 Å². The number of carbonyl (C=O) groups excluding carboxylic acids is 2. The number of fused-ring (bicyclic) bond motifs is 1. The fourth-order valence-electron chi connectivity index (χ4n) is 4.30. The highest BCUT2D eigenvalue weighted by Crippen LogP contribution is 2.44. The van der Waals surface area contributed by atoms with Crippen molar-refractivity contribution in [3.8, 4) is 17.2 Å². The summed E-state index contributed by atoms with van der Waals surface area (Å²) < 4.78 is 16.8. The van der Waals surface area contributed by atoms with Crippen molar-refractivity contribution >= 4 is 34.7 Å². The van der Waals surface area contributed by atoms with Gasteiger partial charge >= 0.3 is 0 Å². The van der Waals surface area contributed by atoms with Crippen molar-refractivity contribution in [3.05, 3.63) is 88.5 Å². The van der Waals surface area contributed by atoms with E-state index in [-0.39, 0.29) is 11.3 Å². The van der Waals surface area contributed by atoms with Crippen LogP contribution in [0.3, 0.4) is 0 Å². The van der Waals surface area contributed by atoms with Crippen molar-refractivity contribution in [1.29, 1.82) is 0 Å². The number of rotatable bonds is 5. The Balaban J connectivity index is 1.69. The first-order chi connectivity index (χ1) is 17.0. The highest BCUT2D eigenvalue weighted by atomic mass is 35.5. The van der Waals surface area contributed by atoms with Gasteiger partial charge in [0.15, 0.2) is 11.5 Å². The van der Waals surface area contributed by atoms with E-state index in [0.717, 1.165) is 0 Å². The average molecular weight is 492 g/mol. The van der Waals surface area contributed by atoms with Gasteiger partial charge in [-0.15, -0.1) is 0 Å². The number of nitrogens with zero attached hydrogens (tertiary/aromatic N) is 1. The summed E-state index contributed by atoms with van der Waals surface area (Å²) in [6.45, 7) is 3.13. The van der Waals surface area contributed by atoms with Gasteiger partial charge in [0.05, 0.1) is 18.2 Å². The maximum Gasteiger partial charge on any atom is 0.300 e. The summed E-state index contributed by atoms with van der Waals surface area (Å²) in [6, 6.07) is 17.8. The number of amides is 1. The molecule has 1 saturated heterocycles. The number of ketones is 1. The molecule has 1 unspecified atom stereocenters. The van der Waals surface area contributed by atoms with Gasteiger partial charge in [-0.3, -0.25) is 14.5 Å². The van der Waals surface area contributed by atoms with E-state index < -0.39 is 17.7 Å². The predicted molar refractivity (Wildman–Crippen MR) is 131 cm³/mol. The van der Waals surface area contributed by atoms with Crippen molar-refractivity contribution < 1.29 is 28.9 Å². The molecule has 1 atom stereocenters. The molecule has 178 valence electrons. The van der Waals surface area contributed by atoms with Gasteiger partial charge in [0.2, 0.25) is 0 Å². The zero-order chi connectivity index (χ0) is 24.5. The summed E-state index contributed by atoms with van der Waals surface area (Å²) in [4.78, 5) is 28.0. The molecular weight excluding hydrogens is 470 g/mol. The zero-order valence-electron chi connectivity index (χ0n) is 18.9. The maximum absolute atomic E-state index is 13.3. The number of hydrogen-bond acceptors (Lipinski definition) is 6. The maximum atomic E-state index is 13.3. The molecule has 1 fully saturated rings. The Hall–Kier alpha value is -3.97. The number of Topliss-reactive ketones (excluding diaryl/α,β-unsaturated/α-hetero) is 1. The molecule has 1 N–H and O–H groups in total. The van der Waals surface area contributed by atoms with Gasteiger partial charge in [0, 0.05) is 16.3 Å². The van der Waals surface area contributed by atoms with Gasteiger partial charge in [-0.1, -0.05) is 23.7 Å². The van der Waals surface area contributed by atoms with Crippen LogP contribution in [0, 0.1) is 0 Å². The molecule has 3 aromatic carbocycles. The zero-order valence-corrected chi connectivity index (χ0v) is 19.6. The SMILES string of the molecule is CCOc1cccc(C2/C(=C(/O)c3ccc4c(c3)OCCO4)C(=O)C(=O)N2c2ccc(Cl)cc2)c1. The van der Waals surface area contributed by atoms with Crippen molar-refractivity contribution in [1.82, 2.24) is 0 Å². The molecule has 3 aromatic rings. The number of carbonyl (C=O) groups is 2. The van der Waals surface area contributed by atoms with Gasteiger partial charge in [0.1, 0.15) is 24.7 Å². The molecule has 2 aliphatic heterocycles. The summed E-state index contributed by atoms with van der Waals surface area (Å²) >= 11 is 6.05. The fourth-order valence-corrected chi connectivity index (χ4v) is 4.43. The lowest BCUT2D eigenvalue weighted by Gasteiger charge is -2.26. The van der Waals surface area contributed by atoms with Crippen LogP contribution in [-0.4, -0.2) is 36.6 Å². The number of aliphatic hydroxyl groups is 1. The van der Waals surface area contributed by atoms with Gasteiger partial charge in [0.25, 0.3) is 11.7 Å². The monoisotopic (exact) mass is 491 g/mol. The summed E-state index contributed by atoms with van der Waals surface area (Å²) in [7, 11) is 0. The number of aliphatic hydroxyl groups excluding tert-OH is 1. The van der Waals surface area contributed by atoms with E-state index in [1.165, 1.54) is 4.90 Å². The Kier molecular flexibility index (Phi) is 6.09. The van der Waals surface area contributed by atoms with Crippen molar-refractivity contribution in [3.63, 3.8) is 0 Å². The Bertz CT molecular complexity index is 1330. The third-order valence-corrected chi connectivity index (χ3v) is 6.10. The molecule has 2 heterocycles. The van der Waals surface area contributed by atoms with Crippen LogP contribution in [0.25, 0.3) is 5.76 Å². The minimum atomic E-state index is -0.884. The standard InChI is InChI=1S/C27H22ClNO6/c1-2-33-20-5-3-4-16(14-20)24-23(25(30)17-6-11-21-22(15-17)35-13-12-34-21)26(31)27(32)29(24)19-9-7-18(28)8-10-19/h3-11,14-15,24,30H,2,12-13H2,1H3/b25-23-. The van der Waals surface area contributed by atoms with Crippen molar-refractivity contribution in [2.45, 2.75) is 13.0 Å². The van der Waals surface area contributed by atoms with Crippen LogP contribution in [0.15, 0.2) is 72.3 Å². The van der Waals surface area contributed by atoms with E-state index in [2.05, 4.69) is 0 Å². The van der Waals surface area contributed by atoms with E-state index >= 15 is 0 Å². The molecule has 35 heavy (non-hydrogen) atoms. The van der Waals surface area contributed by atoms with Crippen LogP contribution in [0.1, 0.15) is 24.1 Å². The quantitative estimate of drug-likeness (QED) is 0.302. The molecule has 0 aliphatic carbocycles. The normalized spacial score (nSPS) is 18.6. The first-order valence-electron chi connectivity index (χ1n) is 11.2. The highest BCUT2D eigenvalue weighted by Gasteiger charge is 2.47. The number of hydrogen-bond donors (Lipinski definition) is 1. The second-order valence-corrected chi connectivity index (χ2v) is 8.45. The molecule has 0 saturated carbocycles. The van der Waals surface area contributed by atoms with Gasteiger partial charge in [-0.05, 0) is 67.1 Å².